The molecule has 3 heteroatoms. The summed E-state index contributed by atoms with van der Waals surface area (Å²) in [6.07, 6.45) is 0. The first-order valence-corrected chi connectivity index (χ1v) is 4.75. The van der Waals surface area contributed by atoms with Crippen molar-refractivity contribution in [3.8, 4) is 0 Å². The fourth-order valence-electron chi connectivity index (χ4n) is 1.11. The number of rotatable bonds is 0. The third-order valence-corrected chi connectivity index (χ3v) is 1.71. The molecule has 3 nitrogen and oxygen atoms in total. The second-order valence-electron chi connectivity index (χ2n) is 2.74. The standard InChI is InChI=1S/C9H9N3.C2H6/c1-6-2-3-7-4-5-8(10)12-9(7)11-6;1-2/h2-5H,1H3,(H2,10,11,12);1-2H3. The van der Waals surface area contributed by atoms with E-state index in [4.69, 9.17) is 5.73 Å². The van der Waals surface area contributed by atoms with E-state index in [0.717, 1.165) is 16.7 Å². The van der Waals surface area contributed by atoms with Crippen LogP contribution in [-0.2, 0) is 0 Å². The molecule has 0 bridgehead atoms. The first-order valence-electron chi connectivity index (χ1n) is 4.75. The molecule has 0 aliphatic carbocycles. The van der Waals surface area contributed by atoms with Crippen molar-refractivity contribution in [3.63, 3.8) is 0 Å². The zero-order valence-corrected chi connectivity index (χ0v) is 8.78. The van der Waals surface area contributed by atoms with Crippen molar-refractivity contribution in [1.82, 2.24) is 9.97 Å². The first-order chi connectivity index (χ1) is 6.75. The van der Waals surface area contributed by atoms with Crippen LogP contribution in [0.25, 0.3) is 11.0 Å². The molecule has 0 amide bonds. The molecular formula is C11H15N3. The average Bonchev–Trinajstić information content (AvgIpc) is 2.20. The lowest BCUT2D eigenvalue weighted by molar-refractivity contribution is 1.21. The average molecular weight is 189 g/mol. The van der Waals surface area contributed by atoms with Crippen molar-refractivity contribution in [2.24, 2.45) is 0 Å². The largest absolute Gasteiger partial charge is 0.384 e. The van der Waals surface area contributed by atoms with Gasteiger partial charge in [0.05, 0.1) is 0 Å². The number of hydrogen-bond donors (Lipinski definition) is 1. The zero-order chi connectivity index (χ0) is 10.6. The minimum absolute atomic E-state index is 0.514. The van der Waals surface area contributed by atoms with Crippen LogP contribution in [-0.4, -0.2) is 9.97 Å². The van der Waals surface area contributed by atoms with E-state index >= 15 is 0 Å². The van der Waals surface area contributed by atoms with Crippen LogP contribution in [0.3, 0.4) is 0 Å². The van der Waals surface area contributed by atoms with Gasteiger partial charge in [-0.3, -0.25) is 0 Å². The topological polar surface area (TPSA) is 51.8 Å². The maximum atomic E-state index is 5.52. The molecule has 2 rings (SSSR count). The number of nitrogen functional groups attached to an aromatic ring is 1. The van der Waals surface area contributed by atoms with Gasteiger partial charge >= 0.3 is 0 Å². The molecule has 0 spiro atoms. The third-order valence-electron chi connectivity index (χ3n) is 1.71. The second kappa shape index (κ2) is 4.56. The number of fused-ring (bicyclic) bond motifs is 1. The van der Waals surface area contributed by atoms with Gasteiger partial charge in [0.1, 0.15) is 5.82 Å². The van der Waals surface area contributed by atoms with Gasteiger partial charge in [-0.2, -0.15) is 0 Å². The smallest absolute Gasteiger partial charge is 0.161 e. The van der Waals surface area contributed by atoms with Gasteiger partial charge < -0.3 is 5.73 Å². The molecule has 2 aromatic heterocycles. The Kier molecular flexibility index (Phi) is 3.40. The number of nitrogens with zero attached hydrogens (tertiary/aromatic N) is 2. The van der Waals surface area contributed by atoms with Crippen LogP contribution in [0.1, 0.15) is 19.5 Å². The van der Waals surface area contributed by atoms with Gasteiger partial charge in [0.25, 0.3) is 0 Å². The SMILES string of the molecule is CC.Cc1ccc2ccc(N)nc2n1. The highest BCUT2D eigenvalue weighted by atomic mass is 14.9. The van der Waals surface area contributed by atoms with Crippen LogP contribution >= 0.6 is 0 Å². The second-order valence-corrected chi connectivity index (χ2v) is 2.74. The Labute approximate surface area is 84.0 Å². The molecule has 0 atom stereocenters. The Bertz CT molecular complexity index is 387. The van der Waals surface area contributed by atoms with Crippen molar-refractivity contribution >= 4 is 16.9 Å². The zero-order valence-electron chi connectivity index (χ0n) is 8.78. The lowest BCUT2D eigenvalue weighted by atomic mass is 10.2. The highest BCUT2D eigenvalue weighted by Crippen LogP contribution is 2.11. The fourth-order valence-corrected chi connectivity index (χ4v) is 1.11. The summed E-state index contributed by atoms with van der Waals surface area (Å²) in [7, 11) is 0. The number of hydrogen-bond acceptors (Lipinski definition) is 3. The number of nitrogens with two attached hydrogens (primary N) is 1. The van der Waals surface area contributed by atoms with Crippen LogP contribution in [0.15, 0.2) is 24.3 Å². The summed E-state index contributed by atoms with van der Waals surface area (Å²) in [5.41, 5.74) is 7.20. The number of pyridine rings is 2. The lowest BCUT2D eigenvalue weighted by Crippen LogP contribution is -1.92. The van der Waals surface area contributed by atoms with Crippen LogP contribution in [0.5, 0.6) is 0 Å². The molecule has 2 aromatic rings. The van der Waals surface area contributed by atoms with Crippen molar-refractivity contribution in [3.05, 3.63) is 30.0 Å². The van der Waals surface area contributed by atoms with Crippen molar-refractivity contribution in [2.75, 3.05) is 5.73 Å². The van der Waals surface area contributed by atoms with Gasteiger partial charge in [-0.15, -0.1) is 0 Å². The number of aryl methyl sites for hydroxylation is 1. The van der Waals surface area contributed by atoms with E-state index in [2.05, 4.69) is 9.97 Å². The predicted molar refractivity (Wildman–Crippen MR) is 60.0 cm³/mol. The van der Waals surface area contributed by atoms with Crippen molar-refractivity contribution in [1.29, 1.82) is 0 Å². The van der Waals surface area contributed by atoms with E-state index in [0.29, 0.717) is 5.82 Å². The van der Waals surface area contributed by atoms with Gasteiger partial charge in [0.15, 0.2) is 5.65 Å². The summed E-state index contributed by atoms with van der Waals surface area (Å²) in [6.45, 7) is 5.93. The molecule has 0 radical (unpaired) electrons. The summed E-state index contributed by atoms with van der Waals surface area (Å²) in [6, 6.07) is 7.65. The van der Waals surface area contributed by atoms with E-state index in [1.54, 1.807) is 6.07 Å². The minimum atomic E-state index is 0.514. The van der Waals surface area contributed by atoms with E-state index in [1.165, 1.54) is 0 Å². The minimum Gasteiger partial charge on any atom is -0.384 e. The molecule has 2 N–H and O–H groups in total. The van der Waals surface area contributed by atoms with Crippen LogP contribution in [0.2, 0.25) is 0 Å². The summed E-state index contributed by atoms with van der Waals surface area (Å²) >= 11 is 0. The number of anilines is 1. The highest BCUT2D eigenvalue weighted by molar-refractivity contribution is 5.76. The van der Waals surface area contributed by atoms with Crippen LogP contribution < -0.4 is 5.73 Å². The Morgan fingerprint density at radius 1 is 1.00 bits per heavy atom. The van der Waals surface area contributed by atoms with E-state index in [9.17, 15) is 0 Å². The normalized spacial score (nSPS) is 9.36. The van der Waals surface area contributed by atoms with Crippen LogP contribution in [0, 0.1) is 6.92 Å². The Balaban J connectivity index is 0.000000461. The first kappa shape index (κ1) is 10.4. The van der Waals surface area contributed by atoms with Crippen LogP contribution in [0.4, 0.5) is 5.82 Å². The Morgan fingerprint density at radius 2 is 1.64 bits per heavy atom. The summed E-state index contributed by atoms with van der Waals surface area (Å²) in [5, 5.41) is 1.02. The quantitative estimate of drug-likeness (QED) is 0.692. The molecule has 2 heterocycles. The molecular weight excluding hydrogens is 174 g/mol. The Morgan fingerprint density at radius 3 is 2.36 bits per heavy atom. The van der Waals surface area contributed by atoms with E-state index < -0.39 is 0 Å². The number of aromatic nitrogens is 2. The molecule has 74 valence electrons. The summed E-state index contributed by atoms with van der Waals surface area (Å²) in [5.74, 6) is 0.514. The third kappa shape index (κ3) is 2.19. The van der Waals surface area contributed by atoms with Gasteiger partial charge in [0.2, 0.25) is 0 Å². The maximum Gasteiger partial charge on any atom is 0.161 e. The molecule has 0 saturated carbocycles. The molecule has 0 aliphatic heterocycles. The van der Waals surface area contributed by atoms with E-state index in [1.807, 2.05) is 39.0 Å². The predicted octanol–water partition coefficient (Wildman–Crippen LogP) is 2.55. The molecule has 14 heavy (non-hydrogen) atoms. The maximum absolute atomic E-state index is 5.52. The molecule has 0 aromatic carbocycles. The van der Waals surface area contributed by atoms with Gasteiger partial charge in [-0.05, 0) is 31.2 Å². The van der Waals surface area contributed by atoms with Crippen molar-refractivity contribution < 1.29 is 0 Å². The molecule has 0 saturated heterocycles. The van der Waals surface area contributed by atoms with Crippen molar-refractivity contribution in [2.45, 2.75) is 20.8 Å². The Hall–Kier alpha value is -1.64. The molecule has 0 unspecified atom stereocenters. The highest BCUT2D eigenvalue weighted by Gasteiger charge is 1.95. The molecule has 0 fully saturated rings. The van der Waals surface area contributed by atoms with Gasteiger partial charge in [0, 0.05) is 11.1 Å². The summed E-state index contributed by atoms with van der Waals surface area (Å²) in [4.78, 5) is 8.35. The van der Waals surface area contributed by atoms with Gasteiger partial charge in [-0.1, -0.05) is 13.8 Å². The monoisotopic (exact) mass is 189 g/mol. The fraction of sp³-hybridized carbons (Fsp3) is 0.273. The van der Waals surface area contributed by atoms with E-state index in [-0.39, 0.29) is 0 Å². The lowest BCUT2D eigenvalue weighted by Gasteiger charge is -1.97. The summed E-state index contributed by atoms with van der Waals surface area (Å²) < 4.78 is 0. The molecule has 0 aliphatic rings. The van der Waals surface area contributed by atoms with Gasteiger partial charge in [-0.25, -0.2) is 9.97 Å².